The van der Waals surface area contributed by atoms with E-state index in [-0.39, 0.29) is 0 Å². The summed E-state index contributed by atoms with van der Waals surface area (Å²) in [5.74, 6) is 0. The maximum absolute atomic E-state index is 10.8. The molecule has 106 valence electrons. The lowest BCUT2D eigenvalue weighted by Gasteiger charge is -2.07. The standard InChI is InChI=1S/C14H21O4P/c1-3-13-6-8-14(9-7-13)12-17-10-4-5-11-18-19(2,15)16/h3,6-9H,1,4-5,10-12H2,2H3,(H,15,16). The first-order valence-corrected chi connectivity index (χ1v) is 8.27. The van der Waals surface area contributed by atoms with Gasteiger partial charge in [0.15, 0.2) is 0 Å². The van der Waals surface area contributed by atoms with Crippen molar-refractivity contribution in [2.45, 2.75) is 19.4 Å². The molecule has 1 rings (SSSR count). The largest absolute Gasteiger partial charge is 0.377 e. The summed E-state index contributed by atoms with van der Waals surface area (Å²) in [6.07, 6.45) is 3.33. The summed E-state index contributed by atoms with van der Waals surface area (Å²) in [7, 11) is -3.33. The predicted octanol–water partition coefficient (Wildman–Crippen LogP) is 3.46. The highest BCUT2D eigenvalue weighted by Gasteiger charge is 2.08. The third kappa shape index (κ3) is 7.96. The molecule has 0 amide bonds. The van der Waals surface area contributed by atoms with Crippen molar-refractivity contribution in [1.82, 2.24) is 0 Å². The second kappa shape index (κ2) is 8.28. The van der Waals surface area contributed by atoms with E-state index in [0.717, 1.165) is 17.5 Å². The molecule has 1 aromatic rings. The van der Waals surface area contributed by atoms with Crippen LogP contribution >= 0.6 is 7.60 Å². The third-order valence-electron chi connectivity index (χ3n) is 2.50. The Balaban J connectivity index is 2.07. The first-order valence-electron chi connectivity index (χ1n) is 6.25. The van der Waals surface area contributed by atoms with Crippen LogP contribution in [0, 0.1) is 0 Å². The minimum absolute atomic E-state index is 0.293. The minimum atomic E-state index is -3.33. The van der Waals surface area contributed by atoms with Crippen LogP contribution in [0.15, 0.2) is 30.8 Å². The topological polar surface area (TPSA) is 55.8 Å². The molecule has 0 aliphatic heterocycles. The summed E-state index contributed by atoms with van der Waals surface area (Å²) in [5.41, 5.74) is 2.21. The average Bonchev–Trinajstić information content (AvgIpc) is 2.37. The van der Waals surface area contributed by atoms with Gasteiger partial charge in [-0.2, -0.15) is 0 Å². The summed E-state index contributed by atoms with van der Waals surface area (Å²) in [6.45, 7) is 6.38. The van der Waals surface area contributed by atoms with E-state index in [2.05, 4.69) is 6.58 Å². The van der Waals surface area contributed by atoms with Gasteiger partial charge in [-0.1, -0.05) is 36.9 Å². The van der Waals surface area contributed by atoms with E-state index in [0.29, 0.717) is 26.2 Å². The average molecular weight is 284 g/mol. The fourth-order valence-electron chi connectivity index (χ4n) is 1.48. The molecular weight excluding hydrogens is 263 g/mol. The van der Waals surface area contributed by atoms with Crippen LogP contribution in [0.2, 0.25) is 0 Å². The number of benzene rings is 1. The van der Waals surface area contributed by atoms with Crippen LogP contribution in [0.5, 0.6) is 0 Å². The van der Waals surface area contributed by atoms with Gasteiger partial charge in [0.05, 0.1) is 13.2 Å². The fourth-order valence-corrected chi connectivity index (χ4v) is 1.95. The van der Waals surface area contributed by atoms with Gasteiger partial charge in [0.25, 0.3) is 0 Å². The van der Waals surface area contributed by atoms with Gasteiger partial charge in [-0.25, -0.2) is 0 Å². The molecule has 0 bridgehead atoms. The van der Waals surface area contributed by atoms with Gasteiger partial charge < -0.3 is 14.2 Å². The quantitative estimate of drug-likeness (QED) is 0.557. The summed E-state index contributed by atoms with van der Waals surface area (Å²) in [5, 5.41) is 0. The van der Waals surface area contributed by atoms with Crippen LogP contribution in [0.1, 0.15) is 24.0 Å². The summed E-state index contributed by atoms with van der Waals surface area (Å²) in [4.78, 5) is 8.91. The van der Waals surface area contributed by atoms with Crippen molar-refractivity contribution >= 4 is 13.7 Å². The van der Waals surface area contributed by atoms with Crippen LogP contribution in [-0.4, -0.2) is 24.8 Å². The zero-order chi connectivity index (χ0) is 14.1. The lowest BCUT2D eigenvalue weighted by Crippen LogP contribution is -1.98. The van der Waals surface area contributed by atoms with Gasteiger partial charge >= 0.3 is 7.60 Å². The molecule has 0 aliphatic carbocycles. The van der Waals surface area contributed by atoms with E-state index < -0.39 is 7.60 Å². The van der Waals surface area contributed by atoms with Gasteiger partial charge in [-0.3, -0.25) is 4.57 Å². The van der Waals surface area contributed by atoms with Crippen LogP contribution in [0.25, 0.3) is 6.08 Å². The molecule has 4 nitrogen and oxygen atoms in total. The van der Waals surface area contributed by atoms with E-state index in [1.165, 1.54) is 6.66 Å². The van der Waals surface area contributed by atoms with Crippen LogP contribution in [0.3, 0.4) is 0 Å². The van der Waals surface area contributed by atoms with Gasteiger partial charge in [0, 0.05) is 13.3 Å². The molecule has 0 saturated heterocycles. The third-order valence-corrected chi connectivity index (χ3v) is 3.16. The Morgan fingerprint density at radius 3 is 2.47 bits per heavy atom. The zero-order valence-corrected chi connectivity index (χ0v) is 12.1. The number of hydrogen-bond acceptors (Lipinski definition) is 3. The Labute approximate surface area is 114 Å². The highest BCUT2D eigenvalue weighted by molar-refractivity contribution is 7.51. The molecular formula is C14H21O4P. The van der Waals surface area contributed by atoms with Crippen LogP contribution in [-0.2, 0) is 20.4 Å². The Morgan fingerprint density at radius 2 is 1.89 bits per heavy atom. The normalized spacial score (nSPS) is 14.0. The molecule has 0 aromatic heterocycles. The van der Waals surface area contributed by atoms with Gasteiger partial charge in [0.2, 0.25) is 0 Å². The number of hydrogen-bond donors (Lipinski definition) is 1. The second-order valence-electron chi connectivity index (χ2n) is 4.34. The van der Waals surface area contributed by atoms with E-state index >= 15 is 0 Å². The highest BCUT2D eigenvalue weighted by Crippen LogP contribution is 2.36. The molecule has 1 aromatic carbocycles. The molecule has 0 radical (unpaired) electrons. The maximum atomic E-state index is 10.8. The smallest absolute Gasteiger partial charge is 0.325 e. The van der Waals surface area contributed by atoms with Crippen molar-refractivity contribution in [3.05, 3.63) is 42.0 Å². The van der Waals surface area contributed by atoms with Crippen molar-refractivity contribution in [2.75, 3.05) is 19.9 Å². The van der Waals surface area contributed by atoms with Crippen molar-refractivity contribution in [2.24, 2.45) is 0 Å². The lowest BCUT2D eigenvalue weighted by molar-refractivity contribution is 0.113. The van der Waals surface area contributed by atoms with E-state index in [4.69, 9.17) is 14.2 Å². The minimum Gasteiger partial charge on any atom is -0.377 e. The van der Waals surface area contributed by atoms with Crippen LogP contribution in [0.4, 0.5) is 0 Å². The van der Waals surface area contributed by atoms with E-state index in [1.807, 2.05) is 24.3 Å². The molecule has 1 N–H and O–H groups in total. The Morgan fingerprint density at radius 1 is 1.26 bits per heavy atom. The first-order chi connectivity index (χ1) is 9.01. The number of rotatable bonds is 9. The molecule has 0 saturated carbocycles. The molecule has 5 heteroatoms. The second-order valence-corrected chi connectivity index (χ2v) is 6.21. The summed E-state index contributed by atoms with van der Waals surface area (Å²) >= 11 is 0. The highest BCUT2D eigenvalue weighted by atomic mass is 31.2. The summed E-state index contributed by atoms with van der Waals surface area (Å²) in [6, 6.07) is 8.03. The van der Waals surface area contributed by atoms with Crippen LogP contribution < -0.4 is 0 Å². The Hall–Kier alpha value is -0.930. The SMILES string of the molecule is C=Cc1ccc(COCCCCOP(C)(=O)O)cc1. The zero-order valence-electron chi connectivity index (χ0n) is 11.2. The molecule has 1 unspecified atom stereocenters. The lowest BCUT2D eigenvalue weighted by atomic mass is 10.1. The fraction of sp³-hybridized carbons (Fsp3) is 0.429. The molecule has 19 heavy (non-hydrogen) atoms. The van der Waals surface area contributed by atoms with E-state index in [1.54, 1.807) is 6.08 Å². The molecule has 0 heterocycles. The maximum Gasteiger partial charge on any atom is 0.325 e. The predicted molar refractivity (Wildman–Crippen MR) is 77.1 cm³/mol. The van der Waals surface area contributed by atoms with Crippen molar-refractivity contribution < 1.29 is 18.7 Å². The molecule has 1 atom stereocenters. The first kappa shape index (κ1) is 16.1. The van der Waals surface area contributed by atoms with Crippen molar-refractivity contribution in [1.29, 1.82) is 0 Å². The van der Waals surface area contributed by atoms with Gasteiger partial charge in [0.1, 0.15) is 0 Å². The summed E-state index contributed by atoms with van der Waals surface area (Å²) < 4.78 is 21.1. The van der Waals surface area contributed by atoms with E-state index in [9.17, 15) is 4.57 Å². The van der Waals surface area contributed by atoms with Gasteiger partial charge in [-0.05, 0) is 24.0 Å². The number of ether oxygens (including phenoxy) is 1. The monoisotopic (exact) mass is 284 g/mol. The molecule has 0 aliphatic rings. The van der Waals surface area contributed by atoms with Crippen molar-refractivity contribution in [3.63, 3.8) is 0 Å². The number of unbranched alkanes of at least 4 members (excludes halogenated alkanes) is 1. The van der Waals surface area contributed by atoms with Crippen molar-refractivity contribution in [3.8, 4) is 0 Å². The molecule has 0 fully saturated rings. The molecule has 0 spiro atoms. The Kier molecular flexibility index (Phi) is 7.03. The van der Waals surface area contributed by atoms with Gasteiger partial charge in [-0.15, -0.1) is 0 Å². The Bertz CT molecular complexity index is 422.